The van der Waals surface area contributed by atoms with E-state index in [4.69, 9.17) is 0 Å². The van der Waals surface area contributed by atoms with E-state index in [2.05, 4.69) is 24.9 Å². The molecule has 0 amide bonds. The molecule has 0 saturated heterocycles. The predicted octanol–water partition coefficient (Wildman–Crippen LogP) is 2.68. The maximum absolute atomic E-state index is 4.63. The second-order valence-corrected chi connectivity index (χ2v) is 4.89. The van der Waals surface area contributed by atoms with Crippen molar-refractivity contribution in [1.82, 2.24) is 24.9 Å². The summed E-state index contributed by atoms with van der Waals surface area (Å²) in [6, 6.07) is 5.75. The molecule has 0 spiro atoms. The molecular formula is C14H13N5. The number of nitrogens with zero attached hydrogens (tertiary/aromatic N) is 4. The number of fused-ring (bicyclic) bond motifs is 1. The van der Waals surface area contributed by atoms with E-state index in [1.54, 1.807) is 6.20 Å². The first-order valence-corrected chi connectivity index (χ1v) is 6.54. The summed E-state index contributed by atoms with van der Waals surface area (Å²) in [6.07, 6.45) is 7.24. The summed E-state index contributed by atoms with van der Waals surface area (Å²) < 4.78 is 0. The Morgan fingerprint density at radius 2 is 2.00 bits per heavy atom. The lowest BCUT2D eigenvalue weighted by atomic mass is 9.85. The fourth-order valence-electron chi connectivity index (χ4n) is 2.34. The van der Waals surface area contributed by atoms with Crippen molar-refractivity contribution in [3.63, 3.8) is 0 Å². The predicted molar refractivity (Wildman–Crippen MR) is 71.5 cm³/mol. The molecule has 3 aromatic heterocycles. The Morgan fingerprint density at radius 3 is 2.79 bits per heavy atom. The highest BCUT2D eigenvalue weighted by Gasteiger charge is 2.22. The molecule has 4 rings (SSSR count). The lowest BCUT2D eigenvalue weighted by molar-refractivity contribution is 0.401. The zero-order valence-electron chi connectivity index (χ0n) is 10.4. The third-order valence-corrected chi connectivity index (χ3v) is 3.64. The van der Waals surface area contributed by atoms with E-state index < -0.39 is 0 Å². The van der Waals surface area contributed by atoms with Crippen molar-refractivity contribution in [3.05, 3.63) is 36.4 Å². The molecule has 0 unspecified atom stereocenters. The fourth-order valence-corrected chi connectivity index (χ4v) is 2.34. The van der Waals surface area contributed by atoms with Crippen LogP contribution < -0.4 is 0 Å². The first-order chi connectivity index (χ1) is 9.40. The number of H-pyrrole nitrogens is 1. The number of imidazole rings is 1. The van der Waals surface area contributed by atoms with Gasteiger partial charge in [-0.05, 0) is 31.0 Å². The summed E-state index contributed by atoms with van der Waals surface area (Å²) in [7, 11) is 0. The monoisotopic (exact) mass is 251 g/mol. The molecule has 0 aliphatic heterocycles. The highest BCUT2D eigenvalue weighted by Crippen LogP contribution is 2.34. The first-order valence-electron chi connectivity index (χ1n) is 6.54. The molecule has 5 heteroatoms. The van der Waals surface area contributed by atoms with Crippen molar-refractivity contribution in [1.29, 1.82) is 0 Å². The van der Waals surface area contributed by atoms with Gasteiger partial charge in [0.05, 0.1) is 5.52 Å². The average molecular weight is 251 g/mol. The molecule has 19 heavy (non-hydrogen) atoms. The van der Waals surface area contributed by atoms with Crippen molar-refractivity contribution < 1.29 is 0 Å². The van der Waals surface area contributed by atoms with Gasteiger partial charge >= 0.3 is 0 Å². The van der Waals surface area contributed by atoms with Gasteiger partial charge in [-0.2, -0.15) is 0 Å². The second kappa shape index (κ2) is 4.12. The van der Waals surface area contributed by atoms with Crippen LogP contribution in [0.25, 0.3) is 22.7 Å². The van der Waals surface area contributed by atoms with E-state index in [1.807, 2.05) is 24.4 Å². The Kier molecular flexibility index (Phi) is 2.30. The maximum Gasteiger partial charge on any atom is 0.178 e. The Labute approximate surface area is 110 Å². The fraction of sp³-hybridized carbons (Fsp3) is 0.286. The molecule has 0 radical (unpaired) electrons. The number of nitrogens with one attached hydrogen (secondary N) is 1. The van der Waals surface area contributed by atoms with E-state index >= 15 is 0 Å². The molecule has 94 valence electrons. The van der Waals surface area contributed by atoms with Crippen LogP contribution in [0.1, 0.15) is 31.0 Å². The van der Waals surface area contributed by atoms with Crippen LogP contribution in [0.5, 0.6) is 0 Å². The number of pyridine rings is 1. The molecule has 1 N–H and O–H groups in total. The average Bonchev–Trinajstić information content (AvgIpc) is 2.81. The van der Waals surface area contributed by atoms with Gasteiger partial charge in [0.2, 0.25) is 0 Å². The zero-order valence-corrected chi connectivity index (χ0v) is 10.4. The summed E-state index contributed by atoms with van der Waals surface area (Å²) >= 11 is 0. The van der Waals surface area contributed by atoms with Crippen molar-refractivity contribution in [2.75, 3.05) is 0 Å². The molecule has 1 fully saturated rings. The molecule has 0 bridgehead atoms. The number of aromatic nitrogens is 5. The van der Waals surface area contributed by atoms with Crippen LogP contribution in [-0.2, 0) is 0 Å². The van der Waals surface area contributed by atoms with Crippen LogP contribution in [0.2, 0.25) is 0 Å². The molecule has 3 aromatic rings. The number of hydrogen-bond acceptors (Lipinski definition) is 4. The Bertz CT molecular complexity index is 696. The van der Waals surface area contributed by atoms with Gasteiger partial charge < -0.3 is 4.98 Å². The molecule has 1 aliphatic carbocycles. The summed E-state index contributed by atoms with van der Waals surface area (Å²) in [4.78, 5) is 20.9. The van der Waals surface area contributed by atoms with Gasteiger partial charge in [0.15, 0.2) is 11.5 Å². The summed E-state index contributed by atoms with van der Waals surface area (Å²) in [6.45, 7) is 0. The summed E-state index contributed by atoms with van der Waals surface area (Å²) in [5.41, 5.74) is 2.50. The van der Waals surface area contributed by atoms with Gasteiger partial charge in [-0.25, -0.2) is 19.9 Å². The zero-order chi connectivity index (χ0) is 12.7. The lowest BCUT2D eigenvalue weighted by Crippen LogP contribution is -2.12. The highest BCUT2D eigenvalue weighted by molar-refractivity contribution is 5.74. The van der Waals surface area contributed by atoms with Gasteiger partial charge in [-0.1, -0.05) is 6.42 Å². The van der Waals surface area contributed by atoms with E-state index in [0.717, 1.165) is 28.5 Å². The maximum atomic E-state index is 4.63. The van der Waals surface area contributed by atoms with E-state index in [1.165, 1.54) is 19.3 Å². The Morgan fingerprint density at radius 1 is 1.05 bits per heavy atom. The smallest absolute Gasteiger partial charge is 0.178 e. The van der Waals surface area contributed by atoms with E-state index in [0.29, 0.717) is 5.92 Å². The minimum atomic E-state index is 0.530. The molecular weight excluding hydrogens is 238 g/mol. The summed E-state index contributed by atoms with van der Waals surface area (Å²) in [5.74, 6) is 2.23. The van der Waals surface area contributed by atoms with Gasteiger partial charge in [-0.15, -0.1) is 0 Å². The number of hydrogen-bond donors (Lipinski definition) is 1. The van der Waals surface area contributed by atoms with E-state index in [9.17, 15) is 0 Å². The quantitative estimate of drug-likeness (QED) is 0.760. The molecule has 1 saturated carbocycles. The Balaban J connectivity index is 1.78. The molecule has 0 atom stereocenters. The minimum absolute atomic E-state index is 0.530. The SMILES string of the molecule is c1cnc2nc(-c3ccnc(C4CCC4)n3)[nH]c2c1. The van der Waals surface area contributed by atoms with Crippen LogP contribution >= 0.6 is 0 Å². The Hall–Kier alpha value is -2.30. The van der Waals surface area contributed by atoms with Crippen molar-refractivity contribution in [3.8, 4) is 11.5 Å². The lowest BCUT2D eigenvalue weighted by Gasteiger charge is -2.23. The second-order valence-electron chi connectivity index (χ2n) is 4.89. The largest absolute Gasteiger partial charge is 0.335 e. The van der Waals surface area contributed by atoms with Crippen LogP contribution in [0.3, 0.4) is 0 Å². The molecule has 1 aliphatic rings. The van der Waals surface area contributed by atoms with Gasteiger partial charge in [0.1, 0.15) is 11.5 Å². The standard InChI is InChI=1S/C14H13N5/c1-3-9(4-1)12-16-8-6-11(17-12)14-18-10-5-2-7-15-13(10)19-14/h2,5-9H,1,3-4H2,(H,15,18,19). The first kappa shape index (κ1) is 10.6. The van der Waals surface area contributed by atoms with Crippen molar-refractivity contribution >= 4 is 11.2 Å². The molecule has 5 nitrogen and oxygen atoms in total. The normalized spacial score (nSPS) is 15.6. The molecule has 0 aromatic carbocycles. The van der Waals surface area contributed by atoms with Crippen LogP contribution in [0.4, 0.5) is 0 Å². The van der Waals surface area contributed by atoms with Crippen LogP contribution in [0.15, 0.2) is 30.6 Å². The van der Waals surface area contributed by atoms with Gasteiger partial charge in [0, 0.05) is 18.3 Å². The number of rotatable bonds is 2. The summed E-state index contributed by atoms with van der Waals surface area (Å²) in [5, 5.41) is 0. The topological polar surface area (TPSA) is 67.3 Å². The highest BCUT2D eigenvalue weighted by atomic mass is 15.0. The third-order valence-electron chi connectivity index (χ3n) is 3.64. The molecule has 3 heterocycles. The minimum Gasteiger partial charge on any atom is -0.335 e. The van der Waals surface area contributed by atoms with Gasteiger partial charge in [-0.3, -0.25) is 0 Å². The van der Waals surface area contributed by atoms with Crippen LogP contribution in [0, 0.1) is 0 Å². The third kappa shape index (κ3) is 1.78. The van der Waals surface area contributed by atoms with Crippen molar-refractivity contribution in [2.45, 2.75) is 25.2 Å². The van der Waals surface area contributed by atoms with Crippen LogP contribution in [-0.4, -0.2) is 24.9 Å². The number of aromatic amines is 1. The van der Waals surface area contributed by atoms with Crippen molar-refractivity contribution in [2.24, 2.45) is 0 Å². The van der Waals surface area contributed by atoms with E-state index in [-0.39, 0.29) is 0 Å². The van der Waals surface area contributed by atoms with Gasteiger partial charge in [0.25, 0.3) is 0 Å².